The molecule has 0 N–H and O–H groups in total. The molecule has 0 aliphatic carbocycles. The average molecular weight is 257 g/mol. The van der Waals surface area contributed by atoms with Gasteiger partial charge >= 0.3 is 5.97 Å². The lowest BCUT2D eigenvalue weighted by molar-refractivity contribution is -0.137. The highest BCUT2D eigenvalue weighted by atomic mass is 35.5. The summed E-state index contributed by atoms with van der Waals surface area (Å²) in [6, 6.07) is 8.99. The van der Waals surface area contributed by atoms with Crippen LogP contribution in [0.5, 0.6) is 0 Å². The molecule has 0 bridgehead atoms. The maximum Gasteiger partial charge on any atom is 0.330 e. The summed E-state index contributed by atoms with van der Waals surface area (Å²) >= 11 is 5.65. The van der Waals surface area contributed by atoms with E-state index in [-0.39, 0.29) is 13.0 Å². The highest BCUT2D eigenvalue weighted by Gasteiger charge is 2.23. The van der Waals surface area contributed by atoms with Crippen LogP contribution in [0, 0.1) is 0 Å². The van der Waals surface area contributed by atoms with E-state index in [1.54, 1.807) is 31.2 Å². The number of carbonyl (C=O) groups excluding carboxylic acids is 1. The van der Waals surface area contributed by atoms with Crippen LogP contribution in [0.3, 0.4) is 0 Å². The predicted molar refractivity (Wildman–Crippen MR) is 65.6 cm³/mol. The zero-order valence-corrected chi connectivity index (χ0v) is 10.3. The number of hydrogen-bond acceptors (Lipinski definition) is 2. The summed E-state index contributed by atoms with van der Waals surface area (Å²) < 4.78 is 18.5. The Morgan fingerprint density at radius 3 is 2.71 bits per heavy atom. The molecule has 2 nitrogen and oxygen atoms in total. The minimum atomic E-state index is -2.08. The van der Waals surface area contributed by atoms with Gasteiger partial charge in [-0.3, -0.25) is 0 Å². The Balaban J connectivity index is 2.60. The first-order valence-corrected chi connectivity index (χ1v) is 5.69. The molecule has 0 saturated heterocycles. The molecule has 0 aliphatic rings. The second kappa shape index (κ2) is 6.40. The second-order valence-electron chi connectivity index (χ2n) is 3.51. The molecule has 0 amide bonds. The first-order valence-electron chi connectivity index (χ1n) is 5.31. The number of esters is 1. The number of rotatable bonds is 5. The molecular formula is C13H14ClFO2. The summed E-state index contributed by atoms with van der Waals surface area (Å²) in [4.78, 5) is 11.0. The van der Waals surface area contributed by atoms with Crippen LogP contribution in [0.4, 0.5) is 4.39 Å². The molecule has 0 aliphatic heterocycles. The van der Waals surface area contributed by atoms with E-state index in [9.17, 15) is 9.18 Å². The second-order valence-corrected chi connectivity index (χ2v) is 4.14. The number of ether oxygens (including phenoxy) is 1. The SMILES string of the molecule is CCOC(=O)/C=C\[C@](F)(Cl)Cc1ccccc1. The molecule has 92 valence electrons. The molecule has 0 fully saturated rings. The standard InChI is InChI=1S/C13H14ClFO2/c1-2-17-12(16)8-9-13(14,15)10-11-6-4-3-5-7-11/h3-9H,2,10H2,1H3/b9-8-/t13-/m1/s1. The number of carbonyl (C=O) groups is 1. The van der Waals surface area contributed by atoms with Gasteiger partial charge in [-0.2, -0.15) is 0 Å². The van der Waals surface area contributed by atoms with Crippen molar-refractivity contribution >= 4 is 17.6 Å². The van der Waals surface area contributed by atoms with Crippen molar-refractivity contribution in [2.24, 2.45) is 0 Å². The summed E-state index contributed by atoms with van der Waals surface area (Å²) in [6.07, 6.45) is 2.03. The van der Waals surface area contributed by atoms with Gasteiger partial charge in [0, 0.05) is 12.5 Å². The number of alkyl halides is 2. The molecular weight excluding hydrogens is 243 g/mol. The quantitative estimate of drug-likeness (QED) is 0.459. The molecule has 0 saturated carbocycles. The van der Waals surface area contributed by atoms with Gasteiger partial charge in [-0.15, -0.1) is 0 Å². The fourth-order valence-electron chi connectivity index (χ4n) is 1.31. The zero-order valence-electron chi connectivity index (χ0n) is 9.53. The van der Waals surface area contributed by atoms with Gasteiger partial charge in [-0.1, -0.05) is 41.9 Å². The van der Waals surface area contributed by atoms with Gasteiger partial charge in [0.15, 0.2) is 0 Å². The Morgan fingerprint density at radius 2 is 2.12 bits per heavy atom. The maximum absolute atomic E-state index is 13.8. The van der Waals surface area contributed by atoms with E-state index in [0.29, 0.717) is 0 Å². The first kappa shape index (κ1) is 13.7. The Labute approximate surface area is 105 Å². The third-order valence-electron chi connectivity index (χ3n) is 2.03. The van der Waals surface area contributed by atoms with Gasteiger partial charge in [-0.25, -0.2) is 9.18 Å². The summed E-state index contributed by atoms with van der Waals surface area (Å²) in [5.41, 5.74) is 0.763. The van der Waals surface area contributed by atoms with Gasteiger partial charge in [-0.05, 0) is 18.6 Å². The molecule has 0 spiro atoms. The van der Waals surface area contributed by atoms with Crippen molar-refractivity contribution in [3.63, 3.8) is 0 Å². The van der Waals surface area contributed by atoms with Crippen molar-refractivity contribution in [3.8, 4) is 0 Å². The normalized spacial score (nSPS) is 14.5. The molecule has 17 heavy (non-hydrogen) atoms. The molecule has 1 aromatic carbocycles. The van der Waals surface area contributed by atoms with E-state index in [1.807, 2.05) is 6.07 Å². The summed E-state index contributed by atoms with van der Waals surface area (Å²) in [5.74, 6) is -0.594. The largest absolute Gasteiger partial charge is 0.463 e. The van der Waals surface area contributed by atoms with Gasteiger partial charge < -0.3 is 4.74 Å². The summed E-state index contributed by atoms with van der Waals surface area (Å²) in [6.45, 7) is 1.93. The molecule has 1 rings (SSSR count). The van der Waals surface area contributed by atoms with Crippen molar-refractivity contribution in [1.29, 1.82) is 0 Å². The van der Waals surface area contributed by atoms with Crippen molar-refractivity contribution in [2.45, 2.75) is 18.5 Å². The number of halogens is 2. The predicted octanol–water partition coefficient (Wildman–Crippen LogP) is 3.25. The fraction of sp³-hybridized carbons (Fsp3) is 0.308. The van der Waals surface area contributed by atoms with Gasteiger partial charge in [0.2, 0.25) is 5.13 Å². The van der Waals surface area contributed by atoms with E-state index in [0.717, 1.165) is 17.7 Å². The Hall–Kier alpha value is -1.35. The van der Waals surface area contributed by atoms with Gasteiger partial charge in [0.05, 0.1) is 6.61 Å². The van der Waals surface area contributed by atoms with Crippen molar-refractivity contribution in [3.05, 3.63) is 48.0 Å². The third kappa shape index (κ3) is 5.50. The van der Waals surface area contributed by atoms with Crippen LogP contribution in [0.15, 0.2) is 42.5 Å². The van der Waals surface area contributed by atoms with E-state index in [1.165, 1.54) is 0 Å². The van der Waals surface area contributed by atoms with Gasteiger partial charge in [0.1, 0.15) is 0 Å². The zero-order chi connectivity index (χ0) is 12.7. The Kier molecular flexibility index (Phi) is 5.16. The lowest BCUT2D eigenvalue weighted by Gasteiger charge is -2.12. The molecule has 0 heterocycles. The van der Waals surface area contributed by atoms with E-state index in [2.05, 4.69) is 4.74 Å². The van der Waals surface area contributed by atoms with E-state index < -0.39 is 11.1 Å². The van der Waals surface area contributed by atoms with Gasteiger partial charge in [0.25, 0.3) is 0 Å². The van der Waals surface area contributed by atoms with E-state index in [4.69, 9.17) is 11.6 Å². The number of hydrogen-bond donors (Lipinski definition) is 0. The number of allylic oxidation sites excluding steroid dienone is 1. The average Bonchev–Trinajstić information content (AvgIpc) is 2.28. The minimum Gasteiger partial charge on any atom is -0.463 e. The van der Waals surface area contributed by atoms with Crippen LogP contribution in [0.25, 0.3) is 0 Å². The maximum atomic E-state index is 13.8. The lowest BCUT2D eigenvalue weighted by Crippen LogP contribution is -2.15. The summed E-state index contributed by atoms with van der Waals surface area (Å²) in [7, 11) is 0. The van der Waals surface area contributed by atoms with Crippen molar-refractivity contribution < 1.29 is 13.9 Å². The van der Waals surface area contributed by atoms with Crippen LogP contribution in [-0.2, 0) is 16.0 Å². The van der Waals surface area contributed by atoms with Crippen LogP contribution in [0.1, 0.15) is 12.5 Å². The third-order valence-corrected chi connectivity index (χ3v) is 2.29. The van der Waals surface area contributed by atoms with Crippen LogP contribution in [0.2, 0.25) is 0 Å². The topological polar surface area (TPSA) is 26.3 Å². The monoisotopic (exact) mass is 256 g/mol. The van der Waals surface area contributed by atoms with E-state index >= 15 is 0 Å². The molecule has 0 unspecified atom stereocenters. The Morgan fingerprint density at radius 1 is 1.47 bits per heavy atom. The van der Waals surface area contributed by atoms with Crippen LogP contribution >= 0.6 is 11.6 Å². The molecule has 1 aromatic rings. The molecule has 0 radical (unpaired) electrons. The molecule has 0 aromatic heterocycles. The summed E-state index contributed by atoms with van der Waals surface area (Å²) in [5, 5.41) is -2.08. The molecule has 1 atom stereocenters. The lowest BCUT2D eigenvalue weighted by atomic mass is 10.1. The number of benzene rings is 1. The minimum absolute atomic E-state index is 0.00526. The highest BCUT2D eigenvalue weighted by Crippen LogP contribution is 2.24. The van der Waals surface area contributed by atoms with Crippen LogP contribution < -0.4 is 0 Å². The molecule has 4 heteroatoms. The van der Waals surface area contributed by atoms with Crippen molar-refractivity contribution in [2.75, 3.05) is 6.61 Å². The van der Waals surface area contributed by atoms with Crippen LogP contribution in [-0.4, -0.2) is 17.7 Å². The first-order chi connectivity index (χ1) is 8.03. The highest BCUT2D eigenvalue weighted by molar-refractivity contribution is 6.24. The Bertz CT molecular complexity index is 388. The van der Waals surface area contributed by atoms with Crippen molar-refractivity contribution in [1.82, 2.24) is 0 Å². The smallest absolute Gasteiger partial charge is 0.330 e. The fourth-order valence-corrected chi connectivity index (χ4v) is 1.52.